The molecule has 0 aromatic heterocycles. The number of hydrogen-bond acceptors (Lipinski definition) is 5. The molecular weight excluding hydrogens is 486 g/mol. The molecule has 2 aromatic rings. The molecule has 1 spiro atoms. The van der Waals surface area contributed by atoms with Crippen molar-refractivity contribution in [3.8, 4) is 0 Å². The zero-order valence-corrected chi connectivity index (χ0v) is 22.6. The average molecular weight is 522 g/mol. The van der Waals surface area contributed by atoms with E-state index in [1.165, 1.54) is 0 Å². The molecule has 6 atom stereocenters. The summed E-state index contributed by atoms with van der Waals surface area (Å²) in [5, 5.41) is 16.4. The van der Waals surface area contributed by atoms with Crippen molar-refractivity contribution in [1.82, 2.24) is 4.90 Å². The fourth-order valence-corrected chi connectivity index (χ4v) is 9.16. The number of anilines is 2. The molecule has 8 heteroatoms. The number of aryl methyl sites for hydroxylation is 2. The number of fused-ring (bicyclic) bond motifs is 1. The first-order chi connectivity index (χ1) is 17.7. The normalized spacial score (nSPS) is 30.8. The highest BCUT2D eigenvalue weighted by molar-refractivity contribution is 8.02. The fourth-order valence-electron chi connectivity index (χ4n) is 6.82. The van der Waals surface area contributed by atoms with Crippen LogP contribution in [0.2, 0.25) is 0 Å². The summed E-state index contributed by atoms with van der Waals surface area (Å²) in [6, 6.07) is 13.8. The Labute approximate surface area is 222 Å². The SMILES string of the molecule is CC[C@@H](CO)N1C(=O)[C@@H]2[C@@H](C(=O)Nc3ccccc3)[C@@]3(C)CCC2(S3)C1C(=O)Nc1c(C)cccc1C. The van der Waals surface area contributed by atoms with E-state index >= 15 is 0 Å². The predicted octanol–water partition coefficient (Wildman–Crippen LogP) is 4.13. The van der Waals surface area contributed by atoms with E-state index in [4.69, 9.17) is 0 Å². The van der Waals surface area contributed by atoms with Crippen molar-refractivity contribution in [2.75, 3.05) is 17.2 Å². The topological polar surface area (TPSA) is 98.7 Å². The Kier molecular flexibility index (Phi) is 6.61. The third-order valence-corrected chi connectivity index (χ3v) is 10.6. The molecule has 3 saturated heterocycles. The van der Waals surface area contributed by atoms with Crippen molar-refractivity contribution in [3.63, 3.8) is 0 Å². The lowest BCUT2D eigenvalue weighted by Gasteiger charge is -2.37. The Morgan fingerprint density at radius 1 is 1.05 bits per heavy atom. The third kappa shape index (κ3) is 3.96. The van der Waals surface area contributed by atoms with Crippen LogP contribution in [0.4, 0.5) is 11.4 Å². The Hall–Kier alpha value is -2.84. The first-order valence-corrected chi connectivity index (χ1v) is 13.8. The smallest absolute Gasteiger partial charge is 0.248 e. The molecule has 2 aromatic carbocycles. The molecular formula is C29H35N3O4S. The van der Waals surface area contributed by atoms with Crippen molar-refractivity contribution in [1.29, 1.82) is 0 Å². The third-order valence-electron chi connectivity index (χ3n) is 8.59. The minimum absolute atomic E-state index is 0.186. The van der Waals surface area contributed by atoms with Crippen LogP contribution >= 0.6 is 11.8 Å². The summed E-state index contributed by atoms with van der Waals surface area (Å²) in [5.41, 5.74) is 3.33. The number of thioether (sulfide) groups is 1. The lowest BCUT2D eigenvalue weighted by molar-refractivity contribution is -0.141. The molecule has 7 nitrogen and oxygen atoms in total. The van der Waals surface area contributed by atoms with Crippen LogP contribution in [0.15, 0.2) is 48.5 Å². The summed E-state index contributed by atoms with van der Waals surface area (Å²) < 4.78 is -1.18. The number of carbonyl (C=O) groups excluding carboxylic acids is 3. The van der Waals surface area contributed by atoms with Gasteiger partial charge < -0.3 is 20.6 Å². The Bertz CT molecular complexity index is 1210. The van der Waals surface area contributed by atoms with Crippen LogP contribution in [0, 0.1) is 25.7 Å². The number of para-hydroxylation sites is 2. The summed E-state index contributed by atoms with van der Waals surface area (Å²) in [5.74, 6) is -1.84. The zero-order chi connectivity index (χ0) is 26.5. The molecule has 37 heavy (non-hydrogen) atoms. The van der Waals surface area contributed by atoms with Gasteiger partial charge in [0.1, 0.15) is 6.04 Å². The second-order valence-electron chi connectivity index (χ2n) is 10.8. The van der Waals surface area contributed by atoms with Gasteiger partial charge in [-0.25, -0.2) is 0 Å². The summed E-state index contributed by atoms with van der Waals surface area (Å²) in [7, 11) is 0. The van der Waals surface area contributed by atoms with Crippen molar-refractivity contribution in [2.45, 2.75) is 68.5 Å². The summed E-state index contributed by atoms with van der Waals surface area (Å²) in [6.45, 7) is 7.63. The van der Waals surface area contributed by atoms with Crippen LogP contribution in [-0.4, -0.2) is 55.9 Å². The lowest BCUT2D eigenvalue weighted by Crippen LogP contribution is -2.54. The van der Waals surface area contributed by atoms with Gasteiger partial charge in [0.05, 0.1) is 29.2 Å². The summed E-state index contributed by atoms with van der Waals surface area (Å²) in [4.78, 5) is 43.6. The molecule has 3 aliphatic rings. The maximum Gasteiger partial charge on any atom is 0.248 e. The first kappa shape index (κ1) is 25.8. The van der Waals surface area contributed by atoms with Gasteiger partial charge in [-0.05, 0) is 63.3 Å². The Morgan fingerprint density at radius 3 is 2.35 bits per heavy atom. The number of nitrogens with one attached hydrogen (secondary N) is 2. The minimum Gasteiger partial charge on any atom is -0.394 e. The highest BCUT2D eigenvalue weighted by Crippen LogP contribution is 2.71. The number of nitrogens with zero attached hydrogens (tertiary/aromatic N) is 1. The molecule has 2 bridgehead atoms. The highest BCUT2D eigenvalue weighted by atomic mass is 32.2. The number of aliphatic hydroxyl groups is 1. The monoisotopic (exact) mass is 521 g/mol. The van der Waals surface area contributed by atoms with E-state index in [0.29, 0.717) is 18.5 Å². The number of hydrogen-bond donors (Lipinski definition) is 3. The maximum atomic E-state index is 14.2. The van der Waals surface area contributed by atoms with E-state index in [1.54, 1.807) is 16.7 Å². The minimum atomic E-state index is -0.776. The fraction of sp³-hybridized carbons (Fsp3) is 0.483. The summed E-state index contributed by atoms with van der Waals surface area (Å²) in [6.07, 6.45) is 1.93. The molecule has 2 unspecified atom stereocenters. The van der Waals surface area contributed by atoms with Crippen molar-refractivity contribution < 1.29 is 19.5 Å². The van der Waals surface area contributed by atoms with Gasteiger partial charge in [0.15, 0.2) is 0 Å². The quantitative estimate of drug-likeness (QED) is 0.509. The van der Waals surface area contributed by atoms with Gasteiger partial charge in [-0.15, -0.1) is 11.8 Å². The van der Waals surface area contributed by atoms with Gasteiger partial charge in [0.2, 0.25) is 17.7 Å². The second-order valence-corrected chi connectivity index (χ2v) is 12.7. The number of likely N-dealkylation sites (tertiary alicyclic amines) is 1. The molecule has 3 amide bonds. The Balaban J connectivity index is 1.55. The maximum absolute atomic E-state index is 14.2. The number of aliphatic hydroxyl groups excluding tert-OH is 1. The van der Waals surface area contributed by atoms with Crippen LogP contribution in [0.25, 0.3) is 0 Å². The van der Waals surface area contributed by atoms with Gasteiger partial charge in [-0.2, -0.15) is 0 Å². The molecule has 5 rings (SSSR count). The van der Waals surface area contributed by atoms with Crippen LogP contribution in [0.3, 0.4) is 0 Å². The second kappa shape index (κ2) is 9.48. The molecule has 3 aliphatic heterocycles. The van der Waals surface area contributed by atoms with E-state index in [2.05, 4.69) is 17.6 Å². The van der Waals surface area contributed by atoms with E-state index in [-0.39, 0.29) is 24.3 Å². The average Bonchev–Trinajstić information content (AvgIpc) is 3.44. The number of benzene rings is 2. The summed E-state index contributed by atoms with van der Waals surface area (Å²) >= 11 is 1.63. The number of amides is 3. The van der Waals surface area contributed by atoms with E-state index in [0.717, 1.165) is 23.2 Å². The van der Waals surface area contributed by atoms with Crippen LogP contribution < -0.4 is 10.6 Å². The predicted molar refractivity (Wildman–Crippen MR) is 146 cm³/mol. The molecule has 0 saturated carbocycles. The Morgan fingerprint density at radius 2 is 1.73 bits per heavy atom. The first-order valence-electron chi connectivity index (χ1n) is 13.0. The van der Waals surface area contributed by atoms with E-state index in [1.807, 2.05) is 69.3 Å². The largest absolute Gasteiger partial charge is 0.394 e. The van der Waals surface area contributed by atoms with Gasteiger partial charge in [0.25, 0.3) is 0 Å². The van der Waals surface area contributed by atoms with Crippen LogP contribution in [0.1, 0.15) is 44.2 Å². The molecule has 3 heterocycles. The molecule has 0 aliphatic carbocycles. The molecule has 3 fully saturated rings. The van der Waals surface area contributed by atoms with Gasteiger partial charge in [-0.1, -0.05) is 43.3 Å². The van der Waals surface area contributed by atoms with E-state index < -0.39 is 33.4 Å². The van der Waals surface area contributed by atoms with Crippen molar-refractivity contribution in [2.24, 2.45) is 11.8 Å². The van der Waals surface area contributed by atoms with E-state index in [9.17, 15) is 19.5 Å². The highest BCUT2D eigenvalue weighted by Gasteiger charge is 2.77. The van der Waals surface area contributed by atoms with Gasteiger partial charge in [0, 0.05) is 16.1 Å². The van der Waals surface area contributed by atoms with Gasteiger partial charge in [-0.3, -0.25) is 14.4 Å². The standard InChI is InChI=1S/C29H35N3O4S/c1-5-20(16-33)32-24(26(35)31-23-17(2)10-9-11-18(23)3)29-15-14-28(4,37-29)21(22(29)27(32)36)25(34)30-19-12-7-6-8-13-19/h6-13,20-22,24,33H,5,14-16H2,1-4H3,(H,30,34)(H,31,35)/t20-,21-,22-,24?,28+,29?/m0/s1. The molecule has 3 N–H and O–H groups in total. The molecule has 0 radical (unpaired) electrons. The number of carbonyl (C=O) groups is 3. The van der Waals surface area contributed by atoms with Crippen LogP contribution in [-0.2, 0) is 14.4 Å². The lowest BCUT2D eigenvalue weighted by atomic mass is 9.66. The van der Waals surface area contributed by atoms with Gasteiger partial charge >= 0.3 is 0 Å². The molecule has 196 valence electrons. The van der Waals surface area contributed by atoms with Crippen molar-refractivity contribution >= 4 is 40.9 Å². The van der Waals surface area contributed by atoms with Crippen molar-refractivity contribution in [3.05, 3.63) is 59.7 Å². The number of rotatable bonds is 7. The van der Waals surface area contributed by atoms with Crippen LogP contribution in [0.5, 0.6) is 0 Å². The zero-order valence-electron chi connectivity index (χ0n) is 21.8.